The van der Waals surface area contributed by atoms with Crippen LogP contribution in [0.25, 0.3) is 0 Å². The molecule has 0 aromatic heterocycles. The molecular formula is C17H24N2O5. The molecule has 1 aromatic carbocycles. The topological polar surface area (TPSA) is 81.9 Å². The van der Waals surface area contributed by atoms with Crippen molar-refractivity contribution in [2.24, 2.45) is 0 Å². The highest BCUT2D eigenvalue weighted by molar-refractivity contribution is 5.99. The maximum atomic E-state index is 12.8. The average Bonchev–Trinajstić information content (AvgIpc) is 2.82. The Bertz CT molecular complexity index is 586. The van der Waals surface area contributed by atoms with E-state index in [1.807, 2.05) is 13.8 Å². The van der Waals surface area contributed by atoms with Crippen LogP contribution in [0.4, 0.5) is 0 Å². The molecule has 2 unspecified atom stereocenters. The Kier molecular flexibility index (Phi) is 6.28. The lowest BCUT2D eigenvalue weighted by Crippen LogP contribution is -2.43. The number of fused-ring (bicyclic) bond motifs is 1. The van der Waals surface area contributed by atoms with Gasteiger partial charge >= 0.3 is 0 Å². The normalized spacial score (nSPS) is 18.1. The second-order valence-corrected chi connectivity index (χ2v) is 5.59. The number of ether oxygens (including phenoxy) is 2. The van der Waals surface area contributed by atoms with E-state index in [4.69, 9.17) is 9.47 Å². The highest BCUT2D eigenvalue weighted by Crippen LogP contribution is 2.38. The van der Waals surface area contributed by atoms with Gasteiger partial charge in [0.2, 0.25) is 6.04 Å². The smallest absolute Gasteiger partial charge is 0.255 e. The predicted molar refractivity (Wildman–Crippen MR) is 88.3 cm³/mol. The minimum atomic E-state index is -0.860. The number of nitro groups is 1. The van der Waals surface area contributed by atoms with Crippen LogP contribution in [0.1, 0.15) is 49.2 Å². The second-order valence-electron chi connectivity index (χ2n) is 5.59. The van der Waals surface area contributed by atoms with Gasteiger partial charge in [-0.3, -0.25) is 14.9 Å². The van der Waals surface area contributed by atoms with Gasteiger partial charge in [-0.2, -0.15) is 0 Å². The minimum absolute atomic E-state index is 0.171. The fraction of sp³-hybridized carbons (Fsp3) is 0.588. The first-order valence-corrected chi connectivity index (χ1v) is 8.31. The highest BCUT2D eigenvalue weighted by atomic mass is 16.7. The van der Waals surface area contributed by atoms with E-state index in [1.54, 1.807) is 31.2 Å². The lowest BCUT2D eigenvalue weighted by molar-refractivity contribution is -0.531. The molecule has 24 heavy (non-hydrogen) atoms. The summed E-state index contributed by atoms with van der Waals surface area (Å²) in [4.78, 5) is 25.5. The first-order chi connectivity index (χ1) is 11.5. The predicted octanol–water partition coefficient (Wildman–Crippen LogP) is 2.64. The Hall–Kier alpha value is -1.99. The molecule has 2 atom stereocenters. The summed E-state index contributed by atoms with van der Waals surface area (Å²) < 4.78 is 11.1. The van der Waals surface area contributed by atoms with Crippen molar-refractivity contribution in [2.75, 3.05) is 19.8 Å². The van der Waals surface area contributed by atoms with Crippen LogP contribution in [-0.2, 0) is 9.47 Å². The molecule has 1 aromatic rings. The molecule has 1 aliphatic heterocycles. The van der Waals surface area contributed by atoms with Crippen LogP contribution < -0.4 is 0 Å². The SMILES string of the molecule is CCOC(CN1C(=O)c2ccccc2C1C(CC)[N+](=O)[O-])OCC. The monoisotopic (exact) mass is 336 g/mol. The van der Waals surface area contributed by atoms with Crippen molar-refractivity contribution < 1.29 is 19.2 Å². The Morgan fingerprint density at radius 3 is 2.38 bits per heavy atom. The van der Waals surface area contributed by atoms with Crippen molar-refractivity contribution in [3.05, 3.63) is 45.5 Å². The molecule has 1 aliphatic rings. The van der Waals surface area contributed by atoms with Crippen molar-refractivity contribution in [2.45, 2.75) is 45.6 Å². The van der Waals surface area contributed by atoms with E-state index in [0.29, 0.717) is 30.8 Å². The van der Waals surface area contributed by atoms with Gasteiger partial charge in [-0.15, -0.1) is 0 Å². The molecule has 7 nitrogen and oxygen atoms in total. The van der Waals surface area contributed by atoms with E-state index < -0.39 is 18.4 Å². The van der Waals surface area contributed by atoms with Crippen LogP contribution in [0.2, 0.25) is 0 Å². The molecule has 0 radical (unpaired) electrons. The summed E-state index contributed by atoms with van der Waals surface area (Å²) in [7, 11) is 0. The van der Waals surface area contributed by atoms with Gasteiger partial charge in [0.05, 0.1) is 6.54 Å². The molecule has 0 spiro atoms. The van der Waals surface area contributed by atoms with Crippen molar-refractivity contribution in [1.82, 2.24) is 4.90 Å². The molecule has 2 rings (SSSR count). The van der Waals surface area contributed by atoms with Gasteiger partial charge in [0.25, 0.3) is 5.91 Å². The first-order valence-electron chi connectivity index (χ1n) is 8.31. The van der Waals surface area contributed by atoms with Crippen LogP contribution in [0.15, 0.2) is 24.3 Å². The summed E-state index contributed by atoms with van der Waals surface area (Å²) >= 11 is 0. The standard InChI is InChI=1S/C17H24N2O5/c1-4-14(19(21)22)16-12-9-7-8-10-13(12)17(20)18(16)11-15(23-5-2)24-6-3/h7-10,14-16H,4-6,11H2,1-3H3. The number of hydrogen-bond acceptors (Lipinski definition) is 5. The fourth-order valence-corrected chi connectivity index (χ4v) is 3.18. The second kappa shape index (κ2) is 8.21. The van der Waals surface area contributed by atoms with Crippen LogP contribution in [0.5, 0.6) is 0 Å². The van der Waals surface area contributed by atoms with Crippen molar-refractivity contribution in [3.8, 4) is 0 Å². The Morgan fingerprint density at radius 1 is 1.21 bits per heavy atom. The van der Waals surface area contributed by atoms with Gasteiger partial charge in [-0.05, 0) is 25.5 Å². The zero-order valence-corrected chi connectivity index (χ0v) is 14.3. The van der Waals surface area contributed by atoms with E-state index in [1.165, 1.54) is 4.90 Å². The largest absolute Gasteiger partial charge is 0.351 e. The number of amides is 1. The highest BCUT2D eigenvalue weighted by Gasteiger charge is 2.46. The Balaban J connectivity index is 2.37. The molecule has 0 aliphatic carbocycles. The summed E-state index contributed by atoms with van der Waals surface area (Å²) in [5, 5.41) is 11.5. The number of carbonyl (C=O) groups is 1. The summed E-state index contributed by atoms with van der Waals surface area (Å²) in [6, 6.07) is 5.62. The van der Waals surface area contributed by atoms with Gasteiger partial charge in [0.15, 0.2) is 6.29 Å². The number of nitrogens with zero attached hydrogens (tertiary/aromatic N) is 2. The van der Waals surface area contributed by atoms with Crippen LogP contribution in [-0.4, -0.2) is 47.8 Å². The number of benzene rings is 1. The Labute approximate surface area is 141 Å². The summed E-state index contributed by atoms with van der Waals surface area (Å²) in [6.07, 6.45) is -0.256. The molecule has 1 heterocycles. The van der Waals surface area contributed by atoms with Crippen LogP contribution >= 0.6 is 0 Å². The summed E-state index contributed by atoms with van der Waals surface area (Å²) in [5.41, 5.74) is 1.23. The molecule has 0 saturated carbocycles. The van der Waals surface area contributed by atoms with Gasteiger partial charge in [-0.1, -0.05) is 25.1 Å². The molecule has 1 amide bonds. The van der Waals surface area contributed by atoms with E-state index >= 15 is 0 Å². The van der Waals surface area contributed by atoms with Gasteiger partial charge in [0.1, 0.15) is 6.04 Å². The van der Waals surface area contributed by atoms with Gasteiger partial charge in [0, 0.05) is 30.1 Å². The van der Waals surface area contributed by atoms with Crippen LogP contribution in [0, 0.1) is 10.1 Å². The molecule has 0 saturated heterocycles. The van der Waals surface area contributed by atoms with E-state index in [0.717, 1.165) is 0 Å². The molecular weight excluding hydrogens is 312 g/mol. The maximum absolute atomic E-state index is 12.8. The lowest BCUT2D eigenvalue weighted by Gasteiger charge is -2.30. The molecule has 7 heteroatoms. The van der Waals surface area contributed by atoms with E-state index in [-0.39, 0.29) is 17.4 Å². The third-order valence-electron chi connectivity index (χ3n) is 4.21. The van der Waals surface area contributed by atoms with E-state index in [9.17, 15) is 14.9 Å². The Morgan fingerprint density at radius 2 is 1.83 bits per heavy atom. The first kappa shape index (κ1) is 18.4. The quantitative estimate of drug-likeness (QED) is 0.393. The van der Waals surface area contributed by atoms with Crippen LogP contribution in [0.3, 0.4) is 0 Å². The molecule has 0 bridgehead atoms. The van der Waals surface area contributed by atoms with Crippen molar-refractivity contribution in [1.29, 1.82) is 0 Å². The minimum Gasteiger partial charge on any atom is -0.351 e. The van der Waals surface area contributed by atoms with Crippen molar-refractivity contribution >= 4 is 5.91 Å². The zero-order chi connectivity index (χ0) is 17.7. The third kappa shape index (κ3) is 3.57. The fourth-order valence-electron chi connectivity index (χ4n) is 3.18. The van der Waals surface area contributed by atoms with Gasteiger partial charge < -0.3 is 14.4 Å². The summed E-state index contributed by atoms with van der Waals surface area (Å²) in [6.45, 7) is 6.50. The van der Waals surface area contributed by atoms with Gasteiger partial charge in [-0.25, -0.2) is 0 Å². The lowest BCUT2D eigenvalue weighted by atomic mass is 9.97. The number of hydrogen-bond donors (Lipinski definition) is 0. The summed E-state index contributed by atoms with van der Waals surface area (Å²) in [5.74, 6) is -0.208. The van der Waals surface area contributed by atoms with Crippen molar-refractivity contribution in [3.63, 3.8) is 0 Å². The maximum Gasteiger partial charge on any atom is 0.255 e. The molecule has 0 fully saturated rings. The third-order valence-corrected chi connectivity index (χ3v) is 4.21. The average molecular weight is 336 g/mol. The molecule has 0 N–H and O–H groups in total. The number of carbonyl (C=O) groups excluding carboxylic acids is 1. The zero-order valence-electron chi connectivity index (χ0n) is 14.3. The van der Waals surface area contributed by atoms with E-state index in [2.05, 4.69) is 0 Å². The molecule has 132 valence electrons. The number of rotatable bonds is 9.